The van der Waals surface area contributed by atoms with Crippen LogP contribution in [-0.2, 0) is 19.1 Å². The second-order valence-corrected chi connectivity index (χ2v) is 8.86. The van der Waals surface area contributed by atoms with Gasteiger partial charge in [0.1, 0.15) is 12.4 Å². The lowest BCUT2D eigenvalue weighted by molar-refractivity contribution is -0.141. The van der Waals surface area contributed by atoms with Gasteiger partial charge in [-0.15, -0.1) is 6.42 Å². The second-order valence-electron chi connectivity index (χ2n) is 7.77. The summed E-state index contributed by atoms with van der Waals surface area (Å²) < 4.78 is 25.0. The molecule has 0 spiro atoms. The zero-order valence-electron chi connectivity index (χ0n) is 19.9. The van der Waals surface area contributed by atoms with Gasteiger partial charge in [-0.05, 0) is 55.3 Å². The molecule has 182 valence electrons. The van der Waals surface area contributed by atoms with Crippen LogP contribution in [0.1, 0.15) is 13.3 Å². The van der Waals surface area contributed by atoms with Gasteiger partial charge in [-0.1, -0.05) is 30.2 Å². The first kappa shape index (κ1) is 25.9. The van der Waals surface area contributed by atoms with Crippen LogP contribution in [0.5, 0.6) is 0 Å². The Kier molecular flexibility index (Phi) is 8.98. The monoisotopic (exact) mass is 494 g/mol. The van der Waals surface area contributed by atoms with Crippen LogP contribution in [0.2, 0.25) is 0 Å². The summed E-state index contributed by atoms with van der Waals surface area (Å²) in [7, 11) is 2.70. The van der Waals surface area contributed by atoms with Crippen molar-refractivity contribution in [1.82, 2.24) is 0 Å². The van der Waals surface area contributed by atoms with E-state index < -0.39 is 5.97 Å². The van der Waals surface area contributed by atoms with E-state index >= 15 is 0 Å². The van der Waals surface area contributed by atoms with Crippen LogP contribution >= 0.6 is 11.9 Å². The van der Waals surface area contributed by atoms with Crippen molar-refractivity contribution in [2.75, 3.05) is 36.5 Å². The van der Waals surface area contributed by atoms with Gasteiger partial charge in [0.2, 0.25) is 0 Å². The van der Waals surface area contributed by atoms with E-state index in [-0.39, 0.29) is 30.8 Å². The van der Waals surface area contributed by atoms with E-state index in [0.717, 1.165) is 27.0 Å². The smallest absolute Gasteiger partial charge is 0.326 e. The number of carbonyl (C=O) groups is 2. The molecular formula is C27H27FN2O4S. The Hall–Kier alpha value is -3.70. The summed E-state index contributed by atoms with van der Waals surface area (Å²) in [6.45, 7) is 2.21. The molecule has 3 aromatic rings. The van der Waals surface area contributed by atoms with E-state index in [1.165, 1.54) is 38.3 Å². The third-order valence-electron chi connectivity index (χ3n) is 5.47. The molecule has 35 heavy (non-hydrogen) atoms. The number of halogens is 1. The highest BCUT2D eigenvalue weighted by Crippen LogP contribution is 2.39. The summed E-state index contributed by atoms with van der Waals surface area (Å²) in [6.07, 6.45) is 5.84. The van der Waals surface area contributed by atoms with Gasteiger partial charge in [0.25, 0.3) is 0 Å². The summed E-state index contributed by atoms with van der Waals surface area (Å²) in [4.78, 5) is 26.9. The molecule has 0 saturated heterocycles. The van der Waals surface area contributed by atoms with Gasteiger partial charge in [0.15, 0.2) is 0 Å². The average Bonchev–Trinajstić information content (AvgIpc) is 2.87. The van der Waals surface area contributed by atoms with Crippen molar-refractivity contribution in [3.05, 3.63) is 66.5 Å². The van der Waals surface area contributed by atoms with Crippen LogP contribution in [0.3, 0.4) is 0 Å². The standard InChI is InChI=1S/C27H27FN2O4S/c1-5-16-29(19(2)17-26(31)33-3)24-14-15-25(23-9-7-6-8-22(23)24)30(18-27(32)34-4)35-21-12-10-20(28)11-13-21/h1,6-15,19H,16-18H2,2-4H3. The van der Waals surface area contributed by atoms with Crippen molar-refractivity contribution < 1.29 is 23.5 Å². The van der Waals surface area contributed by atoms with E-state index in [0.29, 0.717) is 6.54 Å². The topological polar surface area (TPSA) is 59.1 Å². The van der Waals surface area contributed by atoms with Gasteiger partial charge in [0.05, 0.1) is 32.9 Å². The van der Waals surface area contributed by atoms with Crippen molar-refractivity contribution in [1.29, 1.82) is 0 Å². The first-order valence-electron chi connectivity index (χ1n) is 10.9. The lowest BCUT2D eigenvalue weighted by Gasteiger charge is -2.31. The number of carbonyl (C=O) groups excluding carboxylic acids is 2. The van der Waals surface area contributed by atoms with Crippen molar-refractivity contribution in [2.45, 2.75) is 24.3 Å². The Morgan fingerprint density at radius 2 is 1.57 bits per heavy atom. The molecule has 0 fully saturated rings. The summed E-state index contributed by atoms with van der Waals surface area (Å²) in [5.74, 6) is 1.62. The maximum Gasteiger partial charge on any atom is 0.326 e. The number of terminal acetylenes is 1. The molecule has 0 aliphatic heterocycles. The van der Waals surface area contributed by atoms with Crippen LogP contribution in [-0.4, -0.2) is 45.3 Å². The predicted octanol–water partition coefficient (Wildman–Crippen LogP) is 5.06. The zero-order chi connectivity index (χ0) is 25.4. The van der Waals surface area contributed by atoms with Crippen LogP contribution in [0.4, 0.5) is 15.8 Å². The SMILES string of the molecule is C#CCN(c1ccc(N(CC(=O)OC)Sc2ccc(F)cc2)c2ccccc12)C(C)CC(=O)OC. The molecule has 0 radical (unpaired) electrons. The lowest BCUT2D eigenvalue weighted by atomic mass is 10.0. The van der Waals surface area contributed by atoms with E-state index in [4.69, 9.17) is 15.9 Å². The van der Waals surface area contributed by atoms with E-state index in [1.807, 2.05) is 52.5 Å². The summed E-state index contributed by atoms with van der Waals surface area (Å²) >= 11 is 1.31. The third kappa shape index (κ3) is 6.46. The fourth-order valence-electron chi connectivity index (χ4n) is 3.72. The van der Waals surface area contributed by atoms with Crippen molar-refractivity contribution in [3.63, 3.8) is 0 Å². The van der Waals surface area contributed by atoms with Crippen molar-refractivity contribution in [3.8, 4) is 12.3 Å². The number of ether oxygens (including phenoxy) is 2. The normalized spacial score (nSPS) is 11.4. The number of benzene rings is 3. The number of hydrogen-bond acceptors (Lipinski definition) is 7. The van der Waals surface area contributed by atoms with Crippen LogP contribution in [0, 0.1) is 18.2 Å². The summed E-state index contributed by atoms with van der Waals surface area (Å²) in [5.41, 5.74) is 1.65. The Morgan fingerprint density at radius 1 is 0.971 bits per heavy atom. The number of anilines is 2. The minimum Gasteiger partial charge on any atom is -0.469 e. The quantitative estimate of drug-likeness (QED) is 0.222. The molecule has 0 saturated carbocycles. The largest absolute Gasteiger partial charge is 0.469 e. The number of fused-ring (bicyclic) bond motifs is 1. The Bertz CT molecular complexity index is 1230. The highest BCUT2D eigenvalue weighted by Gasteiger charge is 2.22. The molecule has 0 aliphatic carbocycles. The molecule has 0 aromatic heterocycles. The molecule has 8 heteroatoms. The Morgan fingerprint density at radius 3 is 2.17 bits per heavy atom. The molecule has 3 aromatic carbocycles. The van der Waals surface area contributed by atoms with Gasteiger partial charge in [-0.2, -0.15) is 0 Å². The molecular weight excluding hydrogens is 467 g/mol. The maximum atomic E-state index is 13.4. The lowest BCUT2D eigenvalue weighted by Crippen LogP contribution is -2.35. The van der Waals surface area contributed by atoms with Crippen molar-refractivity contribution >= 4 is 46.0 Å². The first-order chi connectivity index (χ1) is 16.9. The maximum absolute atomic E-state index is 13.4. The molecule has 0 aliphatic rings. The van der Waals surface area contributed by atoms with E-state index in [2.05, 4.69) is 5.92 Å². The summed E-state index contributed by atoms with van der Waals surface area (Å²) in [6, 6.07) is 17.5. The number of hydrogen-bond donors (Lipinski definition) is 0. The van der Waals surface area contributed by atoms with Crippen LogP contribution in [0.15, 0.2) is 65.6 Å². The van der Waals surface area contributed by atoms with E-state index in [1.54, 1.807) is 12.1 Å². The molecule has 3 rings (SSSR count). The highest BCUT2D eigenvalue weighted by atomic mass is 32.2. The van der Waals surface area contributed by atoms with Gasteiger partial charge in [0, 0.05) is 27.4 Å². The van der Waals surface area contributed by atoms with Gasteiger partial charge in [-0.25, -0.2) is 4.39 Å². The fourth-order valence-corrected chi connectivity index (χ4v) is 4.66. The van der Waals surface area contributed by atoms with E-state index in [9.17, 15) is 14.0 Å². The second kappa shape index (κ2) is 12.1. The van der Waals surface area contributed by atoms with Crippen LogP contribution < -0.4 is 9.21 Å². The Labute approximate surface area is 209 Å². The third-order valence-corrected chi connectivity index (χ3v) is 6.50. The highest BCUT2D eigenvalue weighted by molar-refractivity contribution is 8.00. The Balaban J connectivity index is 2.08. The minimum atomic E-state index is -0.409. The first-order valence-corrected chi connectivity index (χ1v) is 11.7. The predicted molar refractivity (Wildman–Crippen MR) is 138 cm³/mol. The number of rotatable bonds is 10. The fraction of sp³-hybridized carbons (Fsp3) is 0.259. The number of nitrogens with zero attached hydrogens (tertiary/aromatic N) is 2. The van der Waals surface area contributed by atoms with Crippen molar-refractivity contribution in [2.24, 2.45) is 0 Å². The summed E-state index contributed by atoms with van der Waals surface area (Å²) in [5, 5.41) is 1.79. The molecule has 6 nitrogen and oxygen atoms in total. The van der Waals surface area contributed by atoms with Gasteiger partial charge < -0.3 is 18.7 Å². The number of esters is 2. The van der Waals surface area contributed by atoms with Gasteiger partial charge >= 0.3 is 11.9 Å². The number of methoxy groups -OCH3 is 2. The molecule has 1 unspecified atom stereocenters. The molecule has 0 N–H and O–H groups in total. The van der Waals surface area contributed by atoms with Crippen LogP contribution in [0.25, 0.3) is 10.8 Å². The minimum absolute atomic E-state index is 0.0191. The molecule has 0 amide bonds. The molecule has 0 heterocycles. The zero-order valence-corrected chi connectivity index (χ0v) is 20.7. The van der Waals surface area contributed by atoms with Gasteiger partial charge in [-0.3, -0.25) is 9.59 Å². The molecule has 1 atom stereocenters. The molecule has 0 bridgehead atoms. The average molecular weight is 495 g/mol.